The van der Waals surface area contributed by atoms with Crippen LogP contribution in [0.5, 0.6) is 23.0 Å². The van der Waals surface area contributed by atoms with E-state index < -0.39 is 0 Å². The van der Waals surface area contributed by atoms with E-state index in [1.165, 1.54) is 0 Å². The number of hydrogen-bond donors (Lipinski definition) is 0. The third-order valence-corrected chi connectivity index (χ3v) is 4.37. The minimum atomic E-state index is -0.252. The summed E-state index contributed by atoms with van der Waals surface area (Å²) in [7, 11) is 3.30. The van der Waals surface area contributed by atoms with Crippen molar-refractivity contribution in [3.63, 3.8) is 0 Å². The third kappa shape index (κ3) is 6.55. The van der Waals surface area contributed by atoms with Crippen molar-refractivity contribution in [3.8, 4) is 23.0 Å². The van der Waals surface area contributed by atoms with E-state index in [4.69, 9.17) is 18.9 Å². The minimum absolute atomic E-state index is 0.121. The summed E-state index contributed by atoms with van der Waals surface area (Å²) in [5, 5.41) is 0. The van der Waals surface area contributed by atoms with Crippen LogP contribution in [0.25, 0.3) is 0 Å². The molecule has 0 saturated heterocycles. The number of unbranched alkanes of at least 4 members (excludes halogenated alkanes) is 2. The SMILES string of the molecule is C=C[C@@H](Oc1ccc(OC)cc1)[C@@H](CCCCC)Oc1ccc(OC)cc1. The van der Waals surface area contributed by atoms with Crippen molar-refractivity contribution < 1.29 is 18.9 Å². The van der Waals surface area contributed by atoms with Gasteiger partial charge >= 0.3 is 0 Å². The highest BCUT2D eigenvalue weighted by atomic mass is 16.5. The molecular weight excluding hydrogens is 340 g/mol. The molecule has 2 aromatic carbocycles. The fourth-order valence-electron chi connectivity index (χ4n) is 2.80. The topological polar surface area (TPSA) is 36.9 Å². The number of hydrogen-bond acceptors (Lipinski definition) is 4. The molecule has 2 atom stereocenters. The second kappa shape index (κ2) is 11.2. The summed E-state index contributed by atoms with van der Waals surface area (Å²) in [5.41, 5.74) is 0. The summed E-state index contributed by atoms with van der Waals surface area (Å²) in [6.07, 6.45) is 5.73. The summed E-state index contributed by atoms with van der Waals surface area (Å²) >= 11 is 0. The summed E-state index contributed by atoms with van der Waals surface area (Å²) in [6, 6.07) is 15.2. The summed E-state index contributed by atoms with van der Waals surface area (Å²) < 4.78 is 22.8. The monoisotopic (exact) mass is 370 g/mol. The molecule has 4 heteroatoms. The number of methoxy groups -OCH3 is 2. The van der Waals surface area contributed by atoms with E-state index in [-0.39, 0.29) is 12.2 Å². The molecule has 0 saturated carbocycles. The van der Waals surface area contributed by atoms with Gasteiger partial charge in [0.2, 0.25) is 0 Å². The van der Waals surface area contributed by atoms with Crippen LogP contribution in [-0.2, 0) is 0 Å². The zero-order valence-corrected chi connectivity index (χ0v) is 16.5. The lowest BCUT2D eigenvalue weighted by Gasteiger charge is -2.27. The Hall–Kier alpha value is -2.62. The van der Waals surface area contributed by atoms with Crippen molar-refractivity contribution >= 4 is 0 Å². The third-order valence-electron chi connectivity index (χ3n) is 4.37. The zero-order valence-electron chi connectivity index (χ0n) is 16.5. The Bertz CT molecular complexity index is 664. The Morgan fingerprint density at radius 2 is 1.26 bits per heavy atom. The molecule has 0 unspecified atom stereocenters. The molecule has 0 heterocycles. The van der Waals surface area contributed by atoms with E-state index in [1.54, 1.807) is 14.2 Å². The lowest BCUT2D eigenvalue weighted by molar-refractivity contribution is 0.0749. The van der Waals surface area contributed by atoms with Crippen LogP contribution in [-0.4, -0.2) is 26.4 Å². The molecule has 146 valence electrons. The Morgan fingerprint density at radius 1 is 0.778 bits per heavy atom. The average Bonchev–Trinajstić information content (AvgIpc) is 2.72. The van der Waals surface area contributed by atoms with E-state index in [9.17, 15) is 0 Å². The van der Waals surface area contributed by atoms with Crippen LogP contribution in [0.1, 0.15) is 32.6 Å². The van der Waals surface area contributed by atoms with E-state index >= 15 is 0 Å². The highest BCUT2D eigenvalue weighted by Gasteiger charge is 2.22. The first-order chi connectivity index (χ1) is 13.2. The minimum Gasteiger partial charge on any atom is -0.497 e. The molecule has 4 nitrogen and oxygen atoms in total. The van der Waals surface area contributed by atoms with Gasteiger partial charge in [0.05, 0.1) is 14.2 Å². The average molecular weight is 370 g/mol. The highest BCUT2D eigenvalue weighted by Crippen LogP contribution is 2.24. The van der Waals surface area contributed by atoms with Gasteiger partial charge < -0.3 is 18.9 Å². The van der Waals surface area contributed by atoms with Crippen LogP contribution in [0.4, 0.5) is 0 Å². The van der Waals surface area contributed by atoms with Gasteiger partial charge in [0.15, 0.2) is 6.10 Å². The Balaban J connectivity index is 2.10. The maximum absolute atomic E-state index is 6.25. The maximum Gasteiger partial charge on any atom is 0.153 e. The van der Waals surface area contributed by atoms with Crippen LogP contribution < -0.4 is 18.9 Å². The molecule has 0 N–H and O–H groups in total. The fraction of sp³-hybridized carbons (Fsp3) is 0.391. The predicted octanol–water partition coefficient (Wildman–Crippen LogP) is 5.67. The largest absolute Gasteiger partial charge is 0.497 e. The van der Waals surface area contributed by atoms with Gasteiger partial charge in [-0.25, -0.2) is 0 Å². The van der Waals surface area contributed by atoms with Gasteiger partial charge in [-0.1, -0.05) is 26.3 Å². The van der Waals surface area contributed by atoms with Crippen molar-refractivity contribution in [2.24, 2.45) is 0 Å². The Morgan fingerprint density at radius 3 is 1.70 bits per heavy atom. The molecule has 0 aliphatic heterocycles. The Kier molecular flexibility index (Phi) is 8.56. The summed E-state index contributed by atoms with van der Waals surface area (Å²) in [5.74, 6) is 3.16. The zero-order chi connectivity index (χ0) is 19.5. The van der Waals surface area contributed by atoms with Crippen LogP contribution >= 0.6 is 0 Å². The molecule has 2 aromatic rings. The van der Waals surface area contributed by atoms with Crippen LogP contribution in [0.15, 0.2) is 61.2 Å². The quantitative estimate of drug-likeness (QED) is 0.356. The van der Waals surface area contributed by atoms with Crippen molar-refractivity contribution in [2.45, 2.75) is 44.8 Å². The second-order valence-electron chi connectivity index (χ2n) is 6.32. The van der Waals surface area contributed by atoms with Crippen LogP contribution in [0, 0.1) is 0 Å². The first-order valence-corrected chi connectivity index (χ1v) is 9.44. The van der Waals surface area contributed by atoms with Crippen molar-refractivity contribution in [2.75, 3.05) is 14.2 Å². The van der Waals surface area contributed by atoms with Gasteiger partial charge in [-0.3, -0.25) is 0 Å². The maximum atomic E-state index is 6.25. The van der Waals surface area contributed by atoms with Gasteiger partial charge in [0.25, 0.3) is 0 Å². The standard InChI is InChI=1S/C23H30O4/c1-5-7-8-9-23(27-21-16-12-19(25-4)13-17-21)22(6-2)26-20-14-10-18(24-3)11-15-20/h6,10-17,22-23H,2,5,7-9H2,1,3-4H3/t22-,23-/m1/s1. The van der Waals surface area contributed by atoms with E-state index in [0.717, 1.165) is 48.7 Å². The van der Waals surface area contributed by atoms with Gasteiger partial charge in [-0.15, -0.1) is 0 Å². The summed E-state index contributed by atoms with van der Waals surface area (Å²) in [4.78, 5) is 0. The van der Waals surface area contributed by atoms with Crippen LogP contribution in [0.2, 0.25) is 0 Å². The lowest BCUT2D eigenvalue weighted by Crippen LogP contribution is -2.35. The molecule has 0 aliphatic rings. The fourth-order valence-corrected chi connectivity index (χ4v) is 2.80. The first kappa shape index (κ1) is 20.7. The molecule has 0 amide bonds. The molecule has 2 rings (SSSR count). The highest BCUT2D eigenvalue weighted by molar-refractivity contribution is 5.33. The van der Waals surface area contributed by atoms with Gasteiger partial charge in [-0.2, -0.15) is 0 Å². The van der Waals surface area contributed by atoms with E-state index in [0.29, 0.717) is 0 Å². The number of ether oxygens (including phenoxy) is 4. The molecule has 0 aliphatic carbocycles. The Labute approximate surface area is 162 Å². The smallest absolute Gasteiger partial charge is 0.153 e. The second-order valence-corrected chi connectivity index (χ2v) is 6.32. The molecule has 0 aromatic heterocycles. The molecule has 0 spiro atoms. The first-order valence-electron chi connectivity index (χ1n) is 9.44. The van der Waals surface area contributed by atoms with Crippen molar-refractivity contribution in [1.82, 2.24) is 0 Å². The van der Waals surface area contributed by atoms with E-state index in [1.807, 2.05) is 54.6 Å². The normalized spacial score (nSPS) is 12.7. The van der Waals surface area contributed by atoms with Gasteiger partial charge in [-0.05, 0) is 67.4 Å². The van der Waals surface area contributed by atoms with Crippen LogP contribution in [0.3, 0.4) is 0 Å². The van der Waals surface area contributed by atoms with Gasteiger partial charge in [0.1, 0.15) is 29.1 Å². The molecular formula is C23H30O4. The van der Waals surface area contributed by atoms with Crippen molar-refractivity contribution in [1.29, 1.82) is 0 Å². The van der Waals surface area contributed by atoms with E-state index in [2.05, 4.69) is 13.5 Å². The molecule has 0 bridgehead atoms. The number of rotatable bonds is 12. The number of benzene rings is 2. The summed E-state index contributed by atoms with van der Waals surface area (Å²) in [6.45, 7) is 6.15. The lowest BCUT2D eigenvalue weighted by atomic mass is 10.1. The van der Waals surface area contributed by atoms with Crippen molar-refractivity contribution in [3.05, 3.63) is 61.2 Å². The molecule has 27 heavy (non-hydrogen) atoms. The predicted molar refractivity (Wildman–Crippen MR) is 109 cm³/mol. The molecule has 0 radical (unpaired) electrons. The van der Waals surface area contributed by atoms with Gasteiger partial charge in [0, 0.05) is 0 Å². The molecule has 0 fully saturated rings.